The molecule has 1 heterocycles. The van der Waals surface area contributed by atoms with Gasteiger partial charge in [-0.25, -0.2) is 0 Å². The van der Waals surface area contributed by atoms with Crippen LogP contribution in [0.3, 0.4) is 0 Å². The van der Waals surface area contributed by atoms with Gasteiger partial charge >= 0.3 is 5.97 Å². The molecule has 0 aromatic heterocycles. The number of amides is 2. The van der Waals surface area contributed by atoms with Gasteiger partial charge in [-0.15, -0.1) is 0 Å². The number of anilines is 1. The first-order valence-electron chi connectivity index (χ1n) is 8.92. The zero-order valence-corrected chi connectivity index (χ0v) is 15.7. The summed E-state index contributed by atoms with van der Waals surface area (Å²) in [6, 6.07) is 12.0. The Kier molecular flexibility index (Phi) is 5.35. The highest BCUT2D eigenvalue weighted by atomic mass is 16.5. The smallest absolute Gasteiger partial charge is 0.306 e. The second-order valence-electron chi connectivity index (χ2n) is 7.01. The van der Waals surface area contributed by atoms with Crippen LogP contribution in [0.2, 0.25) is 0 Å². The normalized spacial score (nSPS) is 15.0. The molecule has 0 aliphatic carbocycles. The summed E-state index contributed by atoms with van der Waals surface area (Å²) in [4.78, 5) is 35.8. The molecular weight excluding hydrogens is 360 g/mol. The number of rotatable bonds is 6. The molecule has 2 aromatic rings. The third kappa shape index (κ3) is 4.14. The minimum Gasteiger partial charge on any atom is -0.497 e. The molecule has 0 bridgehead atoms. The number of fused-ring (bicyclic) bond motifs is 1. The Labute approximate surface area is 162 Å². The Bertz CT molecular complexity index is 940. The second-order valence-corrected chi connectivity index (χ2v) is 7.01. The number of ether oxygens (including phenoxy) is 1. The molecule has 7 nitrogen and oxygen atoms in total. The van der Waals surface area contributed by atoms with Crippen LogP contribution in [-0.2, 0) is 21.5 Å². The summed E-state index contributed by atoms with van der Waals surface area (Å²) in [5.74, 6) is -0.880. The topological polar surface area (TPSA) is 105 Å². The number of carboxylic acid groups (broad SMARTS) is 1. The monoisotopic (exact) mass is 382 g/mol. The molecule has 146 valence electrons. The lowest BCUT2D eigenvalue weighted by atomic mass is 9.87. The maximum atomic E-state index is 12.9. The van der Waals surface area contributed by atoms with Crippen LogP contribution in [0, 0.1) is 0 Å². The van der Waals surface area contributed by atoms with Crippen molar-refractivity contribution in [3.8, 4) is 5.75 Å². The number of carbonyl (C=O) groups excluding carboxylic acids is 2. The van der Waals surface area contributed by atoms with E-state index in [0.29, 0.717) is 35.4 Å². The van der Waals surface area contributed by atoms with E-state index in [2.05, 4.69) is 10.6 Å². The molecule has 1 atom stereocenters. The van der Waals surface area contributed by atoms with E-state index in [0.717, 1.165) is 5.56 Å². The van der Waals surface area contributed by atoms with E-state index in [1.165, 1.54) is 7.11 Å². The van der Waals surface area contributed by atoms with Gasteiger partial charge in [0.25, 0.3) is 5.91 Å². The predicted octanol–water partition coefficient (Wildman–Crippen LogP) is 2.70. The van der Waals surface area contributed by atoms with Gasteiger partial charge in [0.1, 0.15) is 5.75 Å². The third-order valence-corrected chi connectivity index (χ3v) is 4.86. The summed E-state index contributed by atoms with van der Waals surface area (Å²) in [6.45, 7) is 1.67. The van der Waals surface area contributed by atoms with Crippen molar-refractivity contribution in [2.45, 2.75) is 31.7 Å². The van der Waals surface area contributed by atoms with Crippen molar-refractivity contribution in [2.24, 2.45) is 0 Å². The Balaban J connectivity index is 1.89. The summed E-state index contributed by atoms with van der Waals surface area (Å²) in [7, 11) is 1.53. The molecule has 2 amide bonds. The molecule has 0 fully saturated rings. The zero-order valence-electron chi connectivity index (χ0n) is 15.7. The Hall–Kier alpha value is -3.35. The van der Waals surface area contributed by atoms with Gasteiger partial charge in [0.05, 0.1) is 19.1 Å². The van der Waals surface area contributed by atoms with Gasteiger partial charge in [-0.1, -0.05) is 12.1 Å². The summed E-state index contributed by atoms with van der Waals surface area (Å²) in [6.07, 6.45) is 0.649. The molecule has 1 aliphatic heterocycles. The fourth-order valence-corrected chi connectivity index (χ4v) is 3.33. The highest BCUT2D eigenvalue weighted by Gasteiger charge is 2.32. The third-order valence-electron chi connectivity index (χ3n) is 4.86. The van der Waals surface area contributed by atoms with E-state index in [1.807, 2.05) is 0 Å². The van der Waals surface area contributed by atoms with Gasteiger partial charge in [0, 0.05) is 17.7 Å². The highest BCUT2D eigenvalue weighted by Crippen LogP contribution is 2.29. The first kappa shape index (κ1) is 19.4. The predicted molar refractivity (Wildman–Crippen MR) is 103 cm³/mol. The fraction of sp³-hybridized carbons (Fsp3) is 0.286. The van der Waals surface area contributed by atoms with Crippen molar-refractivity contribution in [1.82, 2.24) is 5.32 Å². The minimum absolute atomic E-state index is 0.0447. The Morgan fingerprint density at radius 3 is 2.71 bits per heavy atom. The number of aryl methyl sites for hydroxylation is 1. The van der Waals surface area contributed by atoms with Gasteiger partial charge in [0.15, 0.2) is 0 Å². The lowest BCUT2D eigenvalue weighted by molar-refractivity contribution is -0.138. The summed E-state index contributed by atoms with van der Waals surface area (Å²) in [5, 5.41) is 15.0. The maximum Gasteiger partial charge on any atom is 0.306 e. The summed E-state index contributed by atoms with van der Waals surface area (Å²) in [5.41, 5.74) is 1.51. The van der Waals surface area contributed by atoms with Crippen LogP contribution in [0.1, 0.15) is 41.3 Å². The van der Waals surface area contributed by atoms with E-state index in [1.54, 1.807) is 49.4 Å². The minimum atomic E-state index is -1.12. The maximum absolute atomic E-state index is 12.9. The zero-order chi connectivity index (χ0) is 20.3. The van der Waals surface area contributed by atoms with E-state index >= 15 is 0 Å². The molecule has 0 saturated heterocycles. The van der Waals surface area contributed by atoms with Crippen molar-refractivity contribution < 1.29 is 24.2 Å². The SMILES string of the molecule is COc1cccc(C(C)(CC(=O)O)NC(=O)c2ccc3c(c2)CCC(=O)N3)c1. The number of benzene rings is 2. The van der Waals surface area contributed by atoms with Crippen molar-refractivity contribution >= 4 is 23.5 Å². The number of methoxy groups -OCH3 is 1. The number of carboxylic acids is 1. The molecule has 2 aromatic carbocycles. The molecule has 0 saturated carbocycles. The molecule has 1 unspecified atom stereocenters. The molecule has 0 spiro atoms. The van der Waals surface area contributed by atoms with Gasteiger partial charge in [-0.3, -0.25) is 14.4 Å². The Morgan fingerprint density at radius 1 is 1.21 bits per heavy atom. The van der Waals surface area contributed by atoms with Crippen LogP contribution < -0.4 is 15.4 Å². The van der Waals surface area contributed by atoms with Crippen LogP contribution >= 0.6 is 0 Å². The average Bonchev–Trinajstić information content (AvgIpc) is 2.66. The summed E-state index contributed by atoms with van der Waals surface area (Å²) < 4.78 is 5.22. The van der Waals surface area contributed by atoms with Crippen molar-refractivity contribution in [2.75, 3.05) is 12.4 Å². The van der Waals surface area contributed by atoms with Gasteiger partial charge in [-0.2, -0.15) is 0 Å². The largest absolute Gasteiger partial charge is 0.497 e. The quantitative estimate of drug-likeness (QED) is 0.712. The fourth-order valence-electron chi connectivity index (χ4n) is 3.33. The van der Waals surface area contributed by atoms with Gasteiger partial charge in [0.2, 0.25) is 5.91 Å². The van der Waals surface area contributed by atoms with E-state index in [4.69, 9.17) is 4.74 Å². The van der Waals surface area contributed by atoms with Gasteiger partial charge in [-0.05, 0) is 54.8 Å². The summed E-state index contributed by atoms with van der Waals surface area (Å²) >= 11 is 0. The number of hydrogen-bond donors (Lipinski definition) is 3. The number of carbonyl (C=O) groups is 3. The Morgan fingerprint density at radius 2 is 2.00 bits per heavy atom. The van der Waals surface area contributed by atoms with Crippen molar-refractivity contribution in [3.63, 3.8) is 0 Å². The van der Waals surface area contributed by atoms with E-state index < -0.39 is 11.5 Å². The second kappa shape index (κ2) is 7.72. The average molecular weight is 382 g/mol. The number of nitrogens with one attached hydrogen (secondary N) is 2. The first-order valence-corrected chi connectivity index (χ1v) is 8.92. The number of hydrogen-bond acceptors (Lipinski definition) is 4. The molecule has 1 aliphatic rings. The van der Waals surface area contributed by atoms with Crippen LogP contribution in [-0.4, -0.2) is 30.0 Å². The molecule has 3 rings (SSSR count). The highest BCUT2D eigenvalue weighted by molar-refractivity contribution is 5.98. The van der Waals surface area contributed by atoms with Crippen molar-refractivity contribution in [1.29, 1.82) is 0 Å². The first-order chi connectivity index (χ1) is 13.3. The van der Waals surface area contributed by atoms with Crippen LogP contribution in [0.25, 0.3) is 0 Å². The van der Waals surface area contributed by atoms with Crippen LogP contribution in [0.4, 0.5) is 5.69 Å². The van der Waals surface area contributed by atoms with Crippen LogP contribution in [0.15, 0.2) is 42.5 Å². The van der Waals surface area contributed by atoms with E-state index in [-0.39, 0.29) is 18.2 Å². The molecule has 0 radical (unpaired) electrons. The standard InChI is InChI=1S/C21H22N2O5/c1-21(12-19(25)26,15-4-3-5-16(11-15)28-2)23-20(27)14-6-8-17-13(10-14)7-9-18(24)22-17/h3-6,8,10-11H,7,9,12H2,1-2H3,(H,22,24)(H,23,27)(H,25,26). The lowest BCUT2D eigenvalue weighted by Gasteiger charge is -2.30. The number of aliphatic carboxylic acids is 1. The van der Waals surface area contributed by atoms with Crippen molar-refractivity contribution in [3.05, 3.63) is 59.2 Å². The van der Waals surface area contributed by atoms with Crippen LogP contribution in [0.5, 0.6) is 5.75 Å². The molecular formula is C21H22N2O5. The van der Waals surface area contributed by atoms with E-state index in [9.17, 15) is 19.5 Å². The molecule has 28 heavy (non-hydrogen) atoms. The van der Waals surface area contributed by atoms with Gasteiger partial charge < -0.3 is 20.5 Å². The molecule has 7 heteroatoms. The molecule has 3 N–H and O–H groups in total. The lowest BCUT2D eigenvalue weighted by Crippen LogP contribution is -2.45.